The number of aryl methyl sites for hydroxylation is 2. The summed E-state index contributed by atoms with van der Waals surface area (Å²) in [6, 6.07) is 16.1. The highest BCUT2D eigenvalue weighted by Gasteiger charge is 2.19. The molecule has 2 aromatic rings. The molecule has 1 aliphatic heterocycles. The zero-order valence-corrected chi connectivity index (χ0v) is 16.3. The maximum absolute atomic E-state index is 12.2. The van der Waals surface area contributed by atoms with Crippen molar-refractivity contribution < 1.29 is 12.7 Å². The number of hydrogen-bond donors (Lipinski definition) is 0. The molecule has 0 saturated heterocycles. The SMILES string of the molecule is Cc1ccc(S(=O)(=O)O/N=C2C=C/C(=C(/C#N)c3ccccc3C)S/2)cc1. The van der Waals surface area contributed by atoms with E-state index in [0.717, 1.165) is 16.7 Å². The molecule has 0 fully saturated rings. The molecule has 1 heterocycles. The number of thioether (sulfide) groups is 1. The maximum atomic E-state index is 12.2. The van der Waals surface area contributed by atoms with Crippen molar-refractivity contribution in [2.45, 2.75) is 18.7 Å². The van der Waals surface area contributed by atoms with E-state index in [1.54, 1.807) is 24.3 Å². The summed E-state index contributed by atoms with van der Waals surface area (Å²) in [7, 11) is -3.98. The van der Waals surface area contributed by atoms with Gasteiger partial charge in [-0.1, -0.05) is 58.9 Å². The second-order valence-electron chi connectivity index (χ2n) is 5.87. The minimum atomic E-state index is -3.98. The lowest BCUT2D eigenvalue weighted by Gasteiger charge is -2.06. The number of benzene rings is 2. The van der Waals surface area contributed by atoms with Crippen LogP contribution in [0.25, 0.3) is 5.57 Å². The Hall–Kier alpha value is -2.82. The fraction of sp³-hybridized carbons (Fsp3) is 0.100. The minimum Gasteiger partial charge on any atom is -0.264 e. The van der Waals surface area contributed by atoms with Gasteiger partial charge in [0.2, 0.25) is 0 Å². The lowest BCUT2D eigenvalue weighted by Crippen LogP contribution is -2.03. The van der Waals surface area contributed by atoms with Crippen LogP contribution in [-0.2, 0) is 14.4 Å². The van der Waals surface area contributed by atoms with Gasteiger partial charge in [0.25, 0.3) is 0 Å². The summed E-state index contributed by atoms with van der Waals surface area (Å²) in [5.74, 6) is 0. The number of nitrogens with zero attached hydrogens (tertiary/aromatic N) is 2. The van der Waals surface area contributed by atoms with Gasteiger partial charge in [-0.05, 0) is 49.3 Å². The van der Waals surface area contributed by atoms with E-state index in [1.165, 1.54) is 23.9 Å². The molecule has 0 N–H and O–H groups in total. The first-order valence-corrected chi connectivity index (χ1v) is 10.3. The zero-order valence-electron chi connectivity index (χ0n) is 14.7. The molecule has 0 amide bonds. The Morgan fingerprint density at radius 1 is 1.07 bits per heavy atom. The summed E-state index contributed by atoms with van der Waals surface area (Å²) in [6.45, 7) is 3.80. The van der Waals surface area contributed by atoms with E-state index < -0.39 is 10.1 Å². The van der Waals surface area contributed by atoms with Gasteiger partial charge in [0.15, 0.2) is 0 Å². The molecule has 27 heavy (non-hydrogen) atoms. The molecule has 0 atom stereocenters. The standard InChI is InChI=1S/C20H16N2O3S2/c1-14-7-9-16(10-8-14)27(23,24)25-22-20-12-11-19(26-20)18(13-21)17-6-4-3-5-15(17)2/h3-12H,1-2H3/b19-18+,22-20-. The van der Waals surface area contributed by atoms with Crippen molar-refractivity contribution in [2.75, 3.05) is 0 Å². The number of allylic oxidation sites excluding steroid dienone is 2. The molecule has 5 nitrogen and oxygen atoms in total. The van der Waals surface area contributed by atoms with E-state index in [9.17, 15) is 13.7 Å². The smallest absolute Gasteiger partial charge is 0.264 e. The Morgan fingerprint density at radius 2 is 1.78 bits per heavy atom. The molecular formula is C20H16N2O3S2. The van der Waals surface area contributed by atoms with Crippen molar-refractivity contribution in [2.24, 2.45) is 5.16 Å². The molecule has 2 aromatic carbocycles. The van der Waals surface area contributed by atoms with Crippen LogP contribution in [0.4, 0.5) is 0 Å². The predicted molar refractivity (Wildman–Crippen MR) is 107 cm³/mol. The van der Waals surface area contributed by atoms with E-state index in [4.69, 9.17) is 4.28 Å². The first kappa shape index (κ1) is 19.0. The summed E-state index contributed by atoms with van der Waals surface area (Å²) in [5.41, 5.74) is 3.28. The van der Waals surface area contributed by atoms with Crippen molar-refractivity contribution in [1.82, 2.24) is 0 Å². The van der Waals surface area contributed by atoms with Crippen molar-refractivity contribution in [3.63, 3.8) is 0 Å². The first-order valence-electron chi connectivity index (χ1n) is 8.05. The van der Waals surface area contributed by atoms with Gasteiger partial charge in [-0.15, -0.1) is 0 Å². The molecule has 0 unspecified atom stereocenters. The Balaban J connectivity index is 1.82. The lowest BCUT2D eigenvalue weighted by molar-refractivity contribution is 0.340. The highest BCUT2D eigenvalue weighted by atomic mass is 32.2. The lowest BCUT2D eigenvalue weighted by atomic mass is 10.0. The number of rotatable bonds is 4. The van der Waals surface area contributed by atoms with Gasteiger partial charge in [0.05, 0.1) is 5.57 Å². The van der Waals surface area contributed by atoms with E-state index in [0.29, 0.717) is 15.5 Å². The maximum Gasteiger partial charge on any atom is 0.358 e. The highest BCUT2D eigenvalue weighted by molar-refractivity contribution is 8.18. The summed E-state index contributed by atoms with van der Waals surface area (Å²) in [6.07, 6.45) is 3.36. The molecule has 0 bridgehead atoms. The molecule has 7 heteroatoms. The molecule has 1 aliphatic rings. The Morgan fingerprint density at radius 3 is 2.44 bits per heavy atom. The quantitative estimate of drug-likeness (QED) is 0.559. The third kappa shape index (κ3) is 4.30. The fourth-order valence-corrected chi connectivity index (χ4v) is 4.06. The monoisotopic (exact) mass is 396 g/mol. The third-order valence-electron chi connectivity index (χ3n) is 3.90. The van der Waals surface area contributed by atoms with Crippen LogP contribution >= 0.6 is 11.8 Å². The van der Waals surface area contributed by atoms with Gasteiger partial charge < -0.3 is 0 Å². The average molecular weight is 396 g/mol. The molecule has 0 radical (unpaired) electrons. The Kier molecular flexibility index (Phi) is 5.49. The number of oxime groups is 1. The number of nitriles is 1. The zero-order chi connectivity index (χ0) is 19.4. The van der Waals surface area contributed by atoms with Gasteiger partial charge in [0, 0.05) is 4.91 Å². The molecule has 0 aromatic heterocycles. The highest BCUT2D eigenvalue weighted by Crippen LogP contribution is 2.35. The Bertz CT molecular complexity index is 1110. The van der Waals surface area contributed by atoms with E-state index >= 15 is 0 Å². The second kappa shape index (κ2) is 7.82. The molecule has 0 spiro atoms. The topological polar surface area (TPSA) is 79.5 Å². The van der Waals surface area contributed by atoms with Crippen LogP contribution in [0.3, 0.4) is 0 Å². The van der Waals surface area contributed by atoms with E-state index in [2.05, 4.69) is 11.2 Å². The molecule has 0 saturated carbocycles. The summed E-state index contributed by atoms with van der Waals surface area (Å²) in [5, 5.41) is 13.7. The van der Waals surface area contributed by atoms with Crippen LogP contribution in [0, 0.1) is 25.2 Å². The summed E-state index contributed by atoms with van der Waals surface area (Å²) < 4.78 is 29.2. The summed E-state index contributed by atoms with van der Waals surface area (Å²) in [4.78, 5) is 0.736. The van der Waals surface area contributed by atoms with E-state index in [-0.39, 0.29) is 4.90 Å². The van der Waals surface area contributed by atoms with Crippen molar-refractivity contribution >= 4 is 32.5 Å². The molecule has 136 valence electrons. The van der Waals surface area contributed by atoms with Crippen molar-refractivity contribution in [3.05, 3.63) is 82.3 Å². The summed E-state index contributed by atoms with van der Waals surface area (Å²) >= 11 is 1.19. The number of hydrogen-bond acceptors (Lipinski definition) is 6. The molecule has 0 aliphatic carbocycles. The van der Waals surface area contributed by atoms with Gasteiger partial charge in [-0.3, -0.25) is 4.28 Å². The van der Waals surface area contributed by atoms with E-state index in [1.807, 2.05) is 38.1 Å². The third-order valence-corrected chi connectivity index (χ3v) is 6.00. The van der Waals surface area contributed by atoms with Crippen molar-refractivity contribution in [3.8, 4) is 6.07 Å². The van der Waals surface area contributed by atoms with Gasteiger partial charge in [-0.2, -0.15) is 13.7 Å². The normalized spacial score (nSPS) is 17.0. The van der Waals surface area contributed by atoms with Crippen LogP contribution < -0.4 is 0 Å². The minimum absolute atomic E-state index is 0.0396. The van der Waals surface area contributed by atoms with Crippen LogP contribution in [0.15, 0.2) is 75.6 Å². The average Bonchev–Trinajstić information content (AvgIpc) is 3.11. The van der Waals surface area contributed by atoms with Crippen molar-refractivity contribution in [1.29, 1.82) is 5.26 Å². The van der Waals surface area contributed by atoms with Gasteiger partial charge in [-0.25, -0.2) is 0 Å². The largest absolute Gasteiger partial charge is 0.358 e. The predicted octanol–water partition coefficient (Wildman–Crippen LogP) is 4.56. The van der Waals surface area contributed by atoms with Crippen LogP contribution in [0.1, 0.15) is 16.7 Å². The van der Waals surface area contributed by atoms with Crippen LogP contribution in [-0.4, -0.2) is 13.5 Å². The first-order chi connectivity index (χ1) is 12.9. The molecule has 3 rings (SSSR count). The second-order valence-corrected chi connectivity index (χ2v) is 8.46. The van der Waals surface area contributed by atoms with Crippen LogP contribution in [0.2, 0.25) is 0 Å². The fourth-order valence-electron chi connectivity index (χ4n) is 2.45. The molecular weight excluding hydrogens is 380 g/mol. The Labute approximate surface area is 162 Å². The van der Waals surface area contributed by atoms with Crippen LogP contribution in [0.5, 0.6) is 0 Å². The van der Waals surface area contributed by atoms with Gasteiger partial charge >= 0.3 is 10.1 Å². The van der Waals surface area contributed by atoms with Gasteiger partial charge in [0.1, 0.15) is 16.0 Å².